The van der Waals surface area contributed by atoms with Crippen LogP contribution in [-0.4, -0.2) is 38.1 Å². The molecule has 0 radical (unpaired) electrons. The summed E-state index contributed by atoms with van der Waals surface area (Å²) in [5.74, 6) is 3.07. The molecule has 5 heteroatoms. The van der Waals surface area contributed by atoms with Gasteiger partial charge in [-0.15, -0.1) is 0 Å². The lowest BCUT2D eigenvalue weighted by atomic mass is 9.81. The molecule has 24 heavy (non-hydrogen) atoms. The quantitative estimate of drug-likeness (QED) is 0.706. The molecule has 132 valence electrons. The first-order valence-corrected chi connectivity index (χ1v) is 9.64. The maximum atomic E-state index is 5.59. The van der Waals surface area contributed by atoms with Crippen molar-refractivity contribution in [1.82, 2.24) is 0 Å². The van der Waals surface area contributed by atoms with Crippen LogP contribution in [0.2, 0.25) is 0 Å². The molecule has 0 aromatic rings. The van der Waals surface area contributed by atoms with Crippen LogP contribution in [0.1, 0.15) is 39.5 Å². The second kappa shape index (κ2) is 7.42. The number of hydrogen-bond donors (Lipinski definition) is 0. The summed E-state index contributed by atoms with van der Waals surface area (Å²) >= 11 is 3.74. The van der Waals surface area contributed by atoms with Gasteiger partial charge in [-0.1, -0.05) is 53.9 Å². The highest BCUT2D eigenvalue weighted by atomic mass is 79.9. The normalized spacial score (nSPS) is 32.6. The standard InChI is InChI=1S/C19H27BrN2O2/c1-11(2)17-19(24-4)21-16(18(22-17)23-3)10-12-8-9-15(20)14-7-5-6-13(12)14/h8-9,11,13-14,16-17H,5-7,10H2,1-4H3/t13?,14?,16-,17+/m0/s1. The van der Waals surface area contributed by atoms with E-state index in [1.807, 2.05) is 0 Å². The Kier molecular flexibility index (Phi) is 5.48. The van der Waals surface area contributed by atoms with E-state index in [4.69, 9.17) is 19.5 Å². The summed E-state index contributed by atoms with van der Waals surface area (Å²) in [7, 11) is 3.38. The third-order valence-corrected chi connectivity index (χ3v) is 6.22. The van der Waals surface area contributed by atoms with Crippen molar-refractivity contribution in [3.8, 4) is 0 Å². The Hall–Kier alpha value is -1.10. The Morgan fingerprint density at radius 1 is 1.08 bits per heavy atom. The van der Waals surface area contributed by atoms with Crippen molar-refractivity contribution in [1.29, 1.82) is 0 Å². The average molecular weight is 395 g/mol. The van der Waals surface area contributed by atoms with E-state index >= 15 is 0 Å². The van der Waals surface area contributed by atoms with Gasteiger partial charge in [0, 0.05) is 6.42 Å². The Balaban J connectivity index is 1.83. The van der Waals surface area contributed by atoms with Crippen molar-refractivity contribution in [2.75, 3.05) is 14.2 Å². The summed E-state index contributed by atoms with van der Waals surface area (Å²) in [6.07, 6.45) is 9.18. The number of hydrogen-bond acceptors (Lipinski definition) is 4. The van der Waals surface area contributed by atoms with E-state index < -0.39 is 0 Å². The smallest absolute Gasteiger partial charge is 0.209 e. The van der Waals surface area contributed by atoms with E-state index in [9.17, 15) is 0 Å². The molecule has 3 rings (SSSR count). The first-order chi connectivity index (χ1) is 11.5. The number of aliphatic imine (C=N–C) groups is 2. The fraction of sp³-hybridized carbons (Fsp3) is 0.684. The molecule has 0 spiro atoms. The molecule has 1 fully saturated rings. The van der Waals surface area contributed by atoms with Gasteiger partial charge < -0.3 is 9.47 Å². The van der Waals surface area contributed by atoms with Gasteiger partial charge >= 0.3 is 0 Å². The number of allylic oxidation sites excluding steroid dienone is 3. The van der Waals surface area contributed by atoms with Gasteiger partial charge in [-0.3, -0.25) is 0 Å². The molecule has 0 amide bonds. The topological polar surface area (TPSA) is 43.2 Å². The fourth-order valence-corrected chi connectivity index (χ4v) is 4.78. The molecule has 4 atom stereocenters. The molecule has 2 aliphatic carbocycles. The Labute approximate surface area is 153 Å². The first kappa shape index (κ1) is 17.7. The third-order valence-electron chi connectivity index (χ3n) is 5.37. The molecule has 0 bridgehead atoms. The molecule has 1 aliphatic heterocycles. The molecule has 1 heterocycles. The molecular weight excluding hydrogens is 368 g/mol. The average Bonchev–Trinajstić information content (AvgIpc) is 3.07. The maximum Gasteiger partial charge on any atom is 0.209 e. The lowest BCUT2D eigenvalue weighted by molar-refractivity contribution is 0.331. The van der Waals surface area contributed by atoms with Gasteiger partial charge in [0.05, 0.1) is 14.2 Å². The summed E-state index contributed by atoms with van der Waals surface area (Å²) in [5, 5.41) is 0. The molecular formula is C19H27BrN2O2. The number of halogens is 1. The highest BCUT2D eigenvalue weighted by Crippen LogP contribution is 2.47. The van der Waals surface area contributed by atoms with Crippen molar-refractivity contribution >= 4 is 27.7 Å². The van der Waals surface area contributed by atoms with E-state index in [1.165, 1.54) is 29.3 Å². The number of methoxy groups -OCH3 is 2. The molecule has 0 saturated heterocycles. The van der Waals surface area contributed by atoms with E-state index in [2.05, 4.69) is 41.9 Å². The van der Waals surface area contributed by atoms with Gasteiger partial charge in [-0.2, -0.15) is 0 Å². The Morgan fingerprint density at radius 3 is 2.46 bits per heavy atom. The van der Waals surface area contributed by atoms with Crippen molar-refractivity contribution < 1.29 is 9.47 Å². The minimum absolute atomic E-state index is 0.0465. The zero-order valence-electron chi connectivity index (χ0n) is 15.0. The molecule has 2 unspecified atom stereocenters. The fourth-order valence-electron chi connectivity index (χ4n) is 4.10. The predicted octanol–water partition coefficient (Wildman–Crippen LogP) is 4.51. The molecule has 1 saturated carbocycles. The first-order valence-electron chi connectivity index (χ1n) is 8.84. The highest BCUT2D eigenvalue weighted by molar-refractivity contribution is 9.11. The van der Waals surface area contributed by atoms with Crippen molar-refractivity contribution in [3.63, 3.8) is 0 Å². The van der Waals surface area contributed by atoms with Crippen molar-refractivity contribution in [2.24, 2.45) is 27.7 Å². The van der Waals surface area contributed by atoms with Crippen LogP contribution in [0.4, 0.5) is 0 Å². The maximum absolute atomic E-state index is 5.59. The summed E-state index contributed by atoms with van der Waals surface area (Å²) < 4.78 is 12.5. The summed E-state index contributed by atoms with van der Waals surface area (Å²) in [6, 6.07) is -0.118. The molecule has 0 aromatic heterocycles. The van der Waals surface area contributed by atoms with E-state index in [-0.39, 0.29) is 12.1 Å². The van der Waals surface area contributed by atoms with Gasteiger partial charge in [0.15, 0.2) is 0 Å². The summed E-state index contributed by atoms with van der Waals surface area (Å²) in [6.45, 7) is 4.26. The monoisotopic (exact) mass is 394 g/mol. The van der Waals surface area contributed by atoms with E-state index in [1.54, 1.807) is 14.2 Å². The van der Waals surface area contributed by atoms with Crippen LogP contribution in [0.3, 0.4) is 0 Å². The lowest BCUT2D eigenvalue weighted by Crippen LogP contribution is -2.38. The molecule has 0 N–H and O–H groups in total. The zero-order chi connectivity index (χ0) is 17.3. The van der Waals surface area contributed by atoms with Crippen molar-refractivity contribution in [3.05, 3.63) is 22.2 Å². The van der Waals surface area contributed by atoms with Crippen LogP contribution in [0.5, 0.6) is 0 Å². The number of nitrogens with zero attached hydrogens (tertiary/aromatic N) is 2. The van der Waals surface area contributed by atoms with Crippen LogP contribution in [-0.2, 0) is 9.47 Å². The third kappa shape index (κ3) is 3.32. The second-order valence-electron chi connectivity index (χ2n) is 7.19. The van der Waals surface area contributed by atoms with Gasteiger partial charge in [0.1, 0.15) is 12.1 Å². The zero-order valence-corrected chi connectivity index (χ0v) is 16.5. The van der Waals surface area contributed by atoms with Gasteiger partial charge in [0.2, 0.25) is 11.8 Å². The van der Waals surface area contributed by atoms with Crippen LogP contribution in [0.15, 0.2) is 32.2 Å². The number of rotatable bonds is 3. The second-order valence-corrected chi connectivity index (χ2v) is 8.10. The minimum Gasteiger partial charge on any atom is -0.483 e. The van der Waals surface area contributed by atoms with Gasteiger partial charge in [-0.05, 0) is 35.1 Å². The van der Waals surface area contributed by atoms with Gasteiger partial charge in [0.25, 0.3) is 0 Å². The number of fused-ring (bicyclic) bond motifs is 1. The SMILES string of the molecule is COC1=N[C@H](C(C)C)C(OC)=N[C@H]1CC1=CC=C(Br)C2CCCC12. The number of ether oxygens (including phenoxy) is 2. The van der Waals surface area contributed by atoms with Crippen molar-refractivity contribution in [2.45, 2.75) is 51.6 Å². The van der Waals surface area contributed by atoms with Crippen LogP contribution >= 0.6 is 15.9 Å². The predicted molar refractivity (Wildman–Crippen MR) is 102 cm³/mol. The summed E-state index contributed by atoms with van der Waals surface area (Å²) in [5.41, 5.74) is 1.47. The molecule has 4 nitrogen and oxygen atoms in total. The molecule has 0 aromatic carbocycles. The van der Waals surface area contributed by atoms with E-state index in [0.29, 0.717) is 17.8 Å². The Bertz CT molecular complexity index is 606. The Morgan fingerprint density at radius 2 is 1.79 bits per heavy atom. The van der Waals surface area contributed by atoms with Gasteiger partial charge in [-0.25, -0.2) is 9.98 Å². The summed E-state index contributed by atoms with van der Waals surface area (Å²) in [4.78, 5) is 9.63. The van der Waals surface area contributed by atoms with E-state index in [0.717, 1.165) is 18.2 Å². The minimum atomic E-state index is -0.0716. The van der Waals surface area contributed by atoms with Crippen LogP contribution in [0, 0.1) is 17.8 Å². The highest BCUT2D eigenvalue weighted by Gasteiger charge is 2.37. The van der Waals surface area contributed by atoms with Crippen LogP contribution in [0.25, 0.3) is 0 Å². The lowest BCUT2D eigenvalue weighted by Gasteiger charge is -2.31. The molecule has 3 aliphatic rings. The largest absolute Gasteiger partial charge is 0.483 e. The van der Waals surface area contributed by atoms with Crippen LogP contribution < -0.4 is 0 Å².